The lowest BCUT2D eigenvalue weighted by molar-refractivity contribution is 0.102. The summed E-state index contributed by atoms with van der Waals surface area (Å²) in [6, 6.07) is 18.9. The van der Waals surface area contributed by atoms with E-state index in [4.69, 9.17) is 0 Å². The van der Waals surface area contributed by atoms with Gasteiger partial charge in [0.1, 0.15) is 5.69 Å². The SMILES string of the molecule is O=C(Nc1ccc(CN2CCN(Cc3ccccc3)CC2)cc1)c1csc(C2CCCNC2)n1. The van der Waals surface area contributed by atoms with E-state index in [9.17, 15) is 4.79 Å². The number of piperazine rings is 1. The van der Waals surface area contributed by atoms with Gasteiger partial charge in [0.05, 0.1) is 5.01 Å². The molecule has 5 rings (SSSR count). The average molecular weight is 476 g/mol. The van der Waals surface area contributed by atoms with Crippen molar-refractivity contribution in [3.05, 3.63) is 81.8 Å². The van der Waals surface area contributed by atoms with Crippen LogP contribution in [0.4, 0.5) is 5.69 Å². The Morgan fingerprint density at radius 3 is 2.29 bits per heavy atom. The Morgan fingerprint density at radius 2 is 1.65 bits per heavy atom. The van der Waals surface area contributed by atoms with Crippen molar-refractivity contribution in [2.75, 3.05) is 44.6 Å². The van der Waals surface area contributed by atoms with Gasteiger partial charge in [-0.05, 0) is 42.6 Å². The van der Waals surface area contributed by atoms with E-state index in [-0.39, 0.29) is 5.91 Å². The molecule has 1 unspecified atom stereocenters. The van der Waals surface area contributed by atoms with E-state index >= 15 is 0 Å². The number of nitrogens with zero attached hydrogens (tertiary/aromatic N) is 3. The van der Waals surface area contributed by atoms with Crippen LogP contribution >= 0.6 is 11.3 Å². The zero-order chi connectivity index (χ0) is 23.2. The first kappa shape index (κ1) is 23.2. The molecule has 2 fully saturated rings. The van der Waals surface area contributed by atoms with Gasteiger partial charge >= 0.3 is 0 Å². The number of anilines is 1. The second kappa shape index (κ2) is 11.2. The molecule has 3 aromatic rings. The Morgan fingerprint density at radius 1 is 0.971 bits per heavy atom. The van der Waals surface area contributed by atoms with Crippen molar-refractivity contribution in [1.82, 2.24) is 20.1 Å². The standard InChI is InChI=1S/C27H33N5OS/c33-26(25-20-34-27(30-25)23-7-4-12-28-17-23)29-24-10-8-22(9-11-24)19-32-15-13-31(14-16-32)18-21-5-2-1-3-6-21/h1-3,5-6,8-11,20,23,28H,4,7,12-19H2,(H,29,33). The fourth-order valence-corrected chi connectivity index (χ4v) is 5.67. The third-order valence-corrected chi connectivity index (χ3v) is 7.74. The molecule has 1 amide bonds. The van der Waals surface area contributed by atoms with E-state index in [1.54, 1.807) is 11.3 Å². The second-order valence-electron chi connectivity index (χ2n) is 9.30. The lowest BCUT2D eigenvalue weighted by Gasteiger charge is -2.34. The number of amides is 1. The average Bonchev–Trinajstić information content (AvgIpc) is 3.38. The molecule has 6 nitrogen and oxygen atoms in total. The molecule has 2 saturated heterocycles. The molecule has 0 saturated carbocycles. The number of thiazole rings is 1. The minimum atomic E-state index is -0.131. The number of carbonyl (C=O) groups excluding carboxylic acids is 1. The van der Waals surface area contributed by atoms with E-state index in [0.717, 1.165) is 69.5 Å². The molecule has 34 heavy (non-hydrogen) atoms. The summed E-state index contributed by atoms with van der Waals surface area (Å²) in [6.07, 6.45) is 2.31. The van der Waals surface area contributed by atoms with Crippen molar-refractivity contribution in [3.63, 3.8) is 0 Å². The third-order valence-electron chi connectivity index (χ3n) is 6.73. The van der Waals surface area contributed by atoms with Crippen LogP contribution in [-0.4, -0.2) is 60.0 Å². The van der Waals surface area contributed by atoms with Crippen molar-refractivity contribution in [3.8, 4) is 0 Å². The number of hydrogen-bond donors (Lipinski definition) is 2. The van der Waals surface area contributed by atoms with Gasteiger partial charge in [-0.25, -0.2) is 4.98 Å². The predicted octanol–water partition coefficient (Wildman–Crippen LogP) is 4.18. The highest BCUT2D eigenvalue weighted by molar-refractivity contribution is 7.10. The van der Waals surface area contributed by atoms with Crippen LogP contribution in [-0.2, 0) is 13.1 Å². The number of carbonyl (C=O) groups is 1. The van der Waals surface area contributed by atoms with Gasteiger partial charge in [-0.1, -0.05) is 42.5 Å². The molecule has 0 bridgehead atoms. The van der Waals surface area contributed by atoms with Crippen LogP contribution in [0.1, 0.15) is 45.4 Å². The summed E-state index contributed by atoms with van der Waals surface area (Å²) in [4.78, 5) is 22.3. The zero-order valence-corrected chi connectivity index (χ0v) is 20.4. The predicted molar refractivity (Wildman–Crippen MR) is 138 cm³/mol. The van der Waals surface area contributed by atoms with Crippen LogP contribution in [0.2, 0.25) is 0 Å². The smallest absolute Gasteiger partial charge is 0.275 e. The molecule has 2 aliphatic heterocycles. The van der Waals surface area contributed by atoms with E-state index in [1.165, 1.54) is 17.5 Å². The third kappa shape index (κ3) is 6.10. The van der Waals surface area contributed by atoms with Crippen LogP contribution in [0.15, 0.2) is 60.0 Å². The van der Waals surface area contributed by atoms with Gasteiger partial charge < -0.3 is 10.6 Å². The molecule has 2 aromatic carbocycles. The van der Waals surface area contributed by atoms with E-state index in [2.05, 4.69) is 67.9 Å². The monoisotopic (exact) mass is 475 g/mol. The van der Waals surface area contributed by atoms with Crippen LogP contribution < -0.4 is 10.6 Å². The van der Waals surface area contributed by atoms with Crippen molar-refractivity contribution in [1.29, 1.82) is 0 Å². The lowest BCUT2D eigenvalue weighted by atomic mass is 10.0. The van der Waals surface area contributed by atoms with Crippen molar-refractivity contribution in [2.24, 2.45) is 0 Å². The van der Waals surface area contributed by atoms with Gasteiger partial charge in [0, 0.05) is 62.8 Å². The summed E-state index contributed by atoms with van der Waals surface area (Å²) in [5.74, 6) is 0.299. The number of piperidine rings is 1. The minimum Gasteiger partial charge on any atom is -0.321 e. The van der Waals surface area contributed by atoms with Gasteiger partial charge in [-0.3, -0.25) is 14.6 Å². The van der Waals surface area contributed by atoms with Gasteiger partial charge in [0.15, 0.2) is 0 Å². The Balaban J connectivity index is 1.08. The summed E-state index contributed by atoms with van der Waals surface area (Å²) in [6.45, 7) is 8.35. The van der Waals surface area contributed by atoms with Crippen molar-refractivity contribution >= 4 is 22.9 Å². The van der Waals surface area contributed by atoms with Crippen molar-refractivity contribution in [2.45, 2.75) is 31.8 Å². The van der Waals surface area contributed by atoms with Gasteiger partial charge in [-0.2, -0.15) is 0 Å². The van der Waals surface area contributed by atoms with Crippen LogP contribution in [0.25, 0.3) is 0 Å². The summed E-state index contributed by atoms with van der Waals surface area (Å²) in [7, 11) is 0. The molecule has 178 valence electrons. The quantitative estimate of drug-likeness (QED) is 0.537. The molecule has 3 heterocycles. The topological polar surface area (TPSA) is 60.5 Å². The summed E-state index contributed by atoms with van der Waals surface area (Å²) in [5.41, 5.74) is 3.99. The molecular formula is C27H33N5OS. The van der Waals surface area contributed by atoms with Gasteiger partial charge in [-0.15, -0.1) is 11.3 Å². The molecule has 1 atom stereocenters. The number of aromatic nitrogens is 1. The minimum absolute atomic E-state index is 0.131. The highest BCUT2D eigenvalue weighted by Gasteiger charge is 2.21. The second-order valence-corrected chi connectivity index (χ2v) is 10.2. The molecule has 1 aromatic heterocycles. The van der Waals surface area contributed by atoms with Crippen LogP contribution in [0.3, 0.4) is 0 Å². The van der Waals surface area contributed by atoms with Gasteiger partial charge in [0.25, 0.3) is 5.91 Å². The summed E-state index contributed by atoms with van der Waals surface area (Å²) < 4.78 is 0. The highest BCUT2D eigenvalue weighted by Crippen LogP contribution is 2.26. The Hall–Kier alpha value is -2.58. The number of nitrogens with one attached hydrogen (secondary N) is 2. The normalized spacial score (nSPS) is 19.7. The maximum Gasteiger partial charge on any atom is 0.275 e. The number of benzene rings is 2. The number of rotatable bonds is 7. The molecular weight excluding hydrogens is 442 g/mol. The zero-order valence-electron chi connectivity index (χ0n) is 19.6. The largest absolute Gasteiger partial charge is 0.321 e. The molecule has 0 aliphatic carbocycles. The van der Waals surface area contributed by atoms with Crippen LogP contribution in [0.5, 0.6) is 0 Å². The fourth-order valence-electron chi connectivity index (χ4n) is 4.74. The highest BCUT2D eigenvalue weighted by atomic mass is 32.1. The summed E-state index contributed by atoms with van der Waals surface area (Å²) in [5, 5.41) is 9.37. The van der Waals surface area contributed by atoms with Crippen molar-refractivity contribution < 1.29 is 4.79 Å². The molecule has 0 spiro atoms. The maximum atomic E-state index is 12.7. The molecule has 2 N–H and O–H groups in total. The van der Waals surface area contributed by atoms with E-state index in [1.807, 2.05) is 17.5 Å². The van der Waals surface area contributed by atoms with Crippen LogP contribution in [0, 0.1) is 0 Å². The molecule has 0 radical (unpaired) electrons. The summed E-state index contributed by atoms with van der Waals surface area (Å²) >= 11 is 1.60. The maximum absolute atomic E-state index is 12.7. The van der Waals surface area contributed by atoms with Gasteiger partial charge in [0.2, 0.25) is 0 Å². The Labute approximate surface area is 206 Å². The van der Waals surface area contributed by atoms with E-state index < -0.39 is 0 Å². The number of hydrogen-bond acceptors (Lipinski definition) is 6. The first-order valence-corrected chi connectivity index (χ1v) is 13.2. The first-order chi connectivity index (χ1) is 16.7. The molecule has 7 heteroatoms. The first-order valence-electron chi connectivity index (χ1n) is 12.3. The van der Waals surface area contributed by atoms with E-state index in [0.29, 0.717) is 11.6 Å². The Kier molecular flexibility index (Phi) is 7.65. The fraction of sp³-hybridized carbons (Fsp3) is 0.407. The Bertz CT molecular complexity index is 1050. The lowest BCUT2D eigenvalue weighted by Crippen LogP contribution is -2.45. The molecule has 2 aliphatic rings.